The van der Waals surface area contributed by atoms with Gasteiger partial charge in [0.15, 0.2) is 0 Å². The Bertz CT molecular complexity index is 589. The second-order valence-electron chi connectivity index (χ2n) is 5.03. The largest absolute Gasteiger partial charge is 0.361 e. The molecule has 20 heavy (non-hydrogen) atoms. The number of likely N-dealkylation sites (N-methyl/N-ethyl adjacent to an activating group) is 1. The molecule has 0 aromatic carbocycles. The minimum absolute atomic E-state index is 0.0133. The van der Waals surface area contributed by atoms with Gasteiger partial charge in [-0.1, -0.05) is 10.3 Å². The molecule has 0 saturated heterocycles. The summed E-state index contributed by atoms with van der Waals surface area (Å²) in [5.74, 6) is 1.46. The minimum atomic E-state index is 0.0133. The lowest BCUT2D eigenvalue weighted by atomic mass is 10.1. The molecule has 0 aliphatic carbocycles. The van der Waals surface area contributed by atoms with Gasteiger partial charge in [-0.15, -0.1) is 0 Å². The number of carbonyl (C=O) groups is 1. The van der Waals surface area contributed by atoms with Crippen molar-refractivity contribution < 1.29 is 13.8 Å². The first kappa shape index (κ1) is 14.3. The van der Waals surface area contributed by atoms with Crippen molar-refractivity contribution >= 4 is 5.91 Å². The van der Waals surface area contributed by atoms with Crippen molar-refractivity contribution in [3.8, 4) is 0 Å². The molecule has 0 atom stereocenters. The molecule has 0 spiro atoms. The molecule has 2 aromatic rings. The smallest absolute Gasteiger partial charge is 0.227 e. The number of amides is 1. The van der Waals surface area contributed by atoms with Crippen LogP contribution in [0, 0.1) is 27.7 Å². The van der Waals surface area contributed by atoms with E-state index in [1.54, 1.807) is 11.9 Å². The fourth-order valence-corrected chi connectivity index (χ4v) is 2.09. The standard InChI is InChI=1S/C14H19N3O3/c1-8-12(10(3)19-15-8)6-14(18)17(5)7-13-9(2)16-20-11(13)4/h6-7H2,1-5H3. The summed E-state index contributed by atoms with van der Waals surface area (Å²) in [6, 6.07) is 0. The van der Waals surface area contributed by atoms with Gasteiger partial charge in [-0.2, -0.15) is 0 Å². The van der Waals surface area contributed by atoms with Crippen molar-refractivity contribution in [1.29, 1.82) is 0 Å². The van der Waals surface area contributed by atoms with Gasteiger partial charge in [0.25, 0.3) is 0 Å². The lowest BCUT2D eigenvalue weighted by Crippen LogP contribution is -2.28. The molecule has 0 N–H and O–H groups in total. The van der Waals surface area contributed by atoms with Crippen molar-refractivity contribution in [2.24, 2.45) is 0 Å². The third kappa shape index (κ3) is 2.74. The Balaban J connectivity index is 2.06. The highest BCUT2D eigenvalue weighted by molar-refractivity contribution is 5.79. The van der Waals surface area contributed by atoms with Crippen LogP contribution in [0.25, 0.3) is 0 Å². The summed E-state index contributed by atoms with van der Waals surface area (Å²) in [7, 11) is 1.77. The molecule has 0 unspecified atom stereocenters. The molecule has 0 radical (unpaired) electrons. The van der Waals surface area contributed by atoms with E-state index in [0.29, 0.717) is 18.7 Å². The molecule has 0 bridgehead atoms. The Morgan fingerprint density at radius 2 is 1.50 bits per heavy atom. The summed E-state index contributed by atoms with van der Waals surface area (Å²) < 4.78 is 10.2. The van der Waals surface area contributed by atoms with E-state index in [-0.39, 0.29) is 5.91 Å². The summed E-state index contributed by atoms with van der Waals surface area (Å²) in [6.07, 6.45) is 0.293. The van der Waals surface area contributed by atoms with Crippen LogP contribution in [0.3, 0.4) is 0 Å². The Labute approximate surface area is 117 Å². The fourth-order valence-electron chi connectivity index (χ4n) is 2.09. The van der Waals surface area contributed by atoms with E-state index in [1.807, 2.05) is 27.7 Å². The summed E-state index contributed by atoms with van der Waals surface area (Å²) in [4.78, 5) is 13.9. The van der Waals surface area contributed by atoms with Crippen LogP contribution in [-0.2, 0) is 17.8 Å². The highest BCUT2D eigenvalue weighted by Crippen LogP contribution is 2.17. The van der Waals surface area contributed by atoms with E-state index < -0.39 is 0 Å². The summed E-state index contributed by atoms with van der Waals surface area (Å²) in [5, 5.41) is 7.76. The van der Waals surface area contributed by atoms with E-state index in [4.69, 9.17) is 9.05 Å². The van der Waals surface area contributed by atoms with Crippen molar-refractivity contribution in [2.75, 3.05) is 7.05 Å². The highest BCUT2D eigenvalue weighted by atomic mass is 16.5. The number of nitrogens with zero attached hydrogens (tertiary/aromatic N) is 3. The van der Waals surface area contributed by atoms with Crippen molar-refractivity contribution in [1.82, 2.24) is 15.2 Å². The molecule has 2 rings (SSSR count). The topological polar surface area (TPSA) is 72.4 Å². The van der Waals surface area contributed by atoms with E-state index in [2.05, 4.69) is 10.3 Å². The van der Waals surface area contributed by atoms with E-state index in [1.165, 1.54) is 0 Å². The summed E-state index contributed by atoms with van der Waals surface area (Å²) in [5.41, 5.74) is 3.40. The molecule has 1 amide bonds. The molecule has 0 fully saturated rings. The van der Waals surface area contributed by atoms with Gasteiger partial charge < -0.3 is 13.9 Å². The number of carbonyl (C=O) groups excluding carboxylic acids is 1. The first-order valence-electron chi connectivity index (χ1n) is 6.47. The van der Waals surface area contributed by atoms with Gasteiger partial charge in [-0.3, -0.25) is 4.79 Å². The first-order valence-corrected chi connectivity index (χ1v) is 6.47. The van der Waals surface area contributed by atoms with Gasteiger partial charge in [0.2, 0.25) is 5.91 Å². The Morgan fingerprint density at radius 3 is 1.95 bits per heavy atom. The average molecular weight is 277 g/mol. The molecule has 6 heteroatoms. The Hall–Kier alpha value is -2.11. The number of aryl methyl sites for hydroxylation is 4. The molecule has 2 heterocycles. The first-order chi connectivity index (χ1) is 9.40. The lowest BCUT2D eigenvalue weighted by molar-refractivity contribution is -0.129. The van der Waals surface area contributed by atoms with Crippen LogP contribution in [0.5, 0.6) is 0 Å². The van der Waals surface area contributed by atoms with Crippen LogP contribution < -0.4 is 0 Å². The van der Waals surface area contributed by atoms with Gasteiger partial charge in [0, 0.05) is 18.2 Å². The maximum absolute atomic E-state index is 12.3. The van der Waals surface area contributed by atoms with Gasteiger partial charge in [0.1, 0.15) is 11.5 Å². The zero-order chi connectivity index (χ0) is 14.9. The predicted octanol–water partition coefficient (Wildman–Crippen LogP) is 2.10. The predicted molar refractivity (Wildman–Crippen MR) is 72.1 cm³/mol. The van der Waals surface area contributed by atoms with Crippen LogP contribution in [0.2, 0.25) is 0 Å². The molecule has 2 aromatic heterocycles. The summed E-state index contributed by atoms with van der Waals surface area (Å²) >= 11 is 0. The van der Waals surface area contributed by atoms with Gasteiger partial charge in [-0.25, -0.2) is 0 Å². The molecule has 108 valence electrons. The second-order valence-corrected chi connectivity index (χ2v) is 5.03. The SMILES string of the molecule is Cc1noc(C)c1CC(=O)N(C)Cc1c(C)noc1C. The molecule has 0 aliphatic heterocycles. The monoisotopic (exact) mass is 277 g/mol. The minimum Gasteiger partial charge on any atom is -0.361 e. The zero-order valence-corrected chi connectivity index (χ0v) is 12.5. The van der Waals surface area contributed by atoms with Crippen molar-refractivity contribution in [2.45, 2.75) is 40.7 Å². The third-order valence-electron chi connectivity index (χ3n) is 3.51. The zero-order valence-electron chi connectivity index (χ0n) is 12.5. The van der Waals surface area contributed by atoms with Gasteiger partial charge >= 0.3 is 0 Å². The number of aromatic nitrogens is 2. The molecular formula is C14H19N3O3. The lowest BCUT2D eigenvalue weighted by Gasteiger charge is -2.16. The quantitative estimate of drug-likeness (QED) is 0.855. The van der Waals surface area contributed by atoms with Crippen LogP contribution in [-0.4, -0.2) is 28.2 Å². The third-order valence-corrected chi connectivity index (χ3v) is 3.51. The molecule has 6 nitrogen and oxygen atoms in total. The molecular weight excluding hydrogens is 258 g/mol. The summed E-state index contributed by atoms with van der Waals surface area (Å²) in [6.45, 7) is 7.87. The average Bonchev–Trinajstić information content (AvgIpc) is 2.88. The highest BCUT2D eigenvalue weighted by Gasteiger charge is 2.19. The molecule has 0 saturated carbocycles. The van der Waals surface area contributed by atoms with E-state index in [0.717, 1.165) is 28.3 Å². The van der Waals surface area contributed by atoms with Gasteiger partial charge in [-0.05, 0) is 27.7 Å². The van der Waals surface area contributed by atoms with Crippen LogP contribution in [0.15, 0.2) is 9.05 Å². The van der Waals surface area contributed by atoms with Crippen molar-refractivity contribution in [3.05, 3.63) is 34.0 Å². The maximum atomic E-state index is 12.3. The van der Waals surface area contributed by atoms with Crippen LogP contribution >= 0.6 is 0 Å². The van der Waals surface area contributed by atoms with Crippen LogP contribution in [0.4, 0.5) is 0 Å². The number of rotatable bonds is 4. The number of hydrogen-bond donors (Lipinski definition) is 0. The number of hydrogen-bond acceptors (Lipinski definition) is 5. The Morgan fingerprint density at radius 1 is 1.00 bits per heavy atom. The van der Waals surface area contributed by atoms with Gasteiger partial charge in [0.05, 0.1) is 24.4 Å². The van der Waals surface area contributed by atoms with Crippen LogP contribution in [0.1, 0.15) is 34.0 Å². The van der Waals surface area contributed by atoms with Crippen molar-refractivity contribution in [3.63, 3.8) is 0 Å². The fraction of sp³-hybridized carbons (Fsp3) is 0.500. The molecule has 0 aliphatic rings. The maximum Gasteiger partial charge on any atom is 0.227 e. The Kier molecular flexibility index (Phi) is 3.92. The second kappa shape index (κ2) is 5.48. The normalized spacial score (nSPS) is 10.8. The van der Waals surface area contributed by atoms with E-state index >= 15 is 0 Å². The van der Waals surface area contributed by atoms with E-state index in [9.17, 15) is 4.79 Å².